The fraction of sp³-hybridized carbons (Fsp3) is 0.769. The van der Waals surface area contributed by atoms with Gasteiger partial charge in [0.25, 0.3) is 0 Å². The third-order valence-corrected chi connectivity index (χ3v) is 3.79. The molecule has 1 saturated heterocycles. The molecule has 0 bridgehead atoms. The van der Waals surface area contributed by atoms with E-state index < -0.39 is 53.2 Å². The monoisotopic (exact) mass is 386 g/mol. The number of rotatable bonds is 2. The van der Waals surface area contributed by atoms with Gasteiger partial charge in [0.1, 0.15) is 0 Å². The van der Waals surface area contributed by atoms with Gasteiger partial charge in [-0.05, 0) is 20.8 Å². The van der Waals surface area contributed by atoms with Crippen molar-refractivity contribution in [1.82, 2.24) is 0 Å². The molecule has 1 aliphatic heterocycles. The Bertz CT molecular complexity index is 584. The topological polar surface area (TPSA) is 55.8 Å². The lowest BCUT2D eigenvalue weighted by Gasteiger charge is -2.55. The van der Waals surface area contributed by atoms with E-state index in [1.54, 1.807) is 0 Å². The Labute approximate surface area is 136 Å². The Morgan fingerprint density at radius 2 is 1.56 bits per heavy atom. The van der Waals surface area contributed by atoms with E-state index in [1.807, 2.05) is 0 Å². The van der Waals surface area contributed by atoms with E-state index in [9.17, 15) is 45.0 Å². The molecule has 4 nitrogen and oxygen atoms in total. The maximum atomic E-state index is 14.4. The van der Waals surface area contributed by atoms with Gasteiger partial charge in [-0.25, -0.2) is 4.79 Å². The molecule has 0 aromatic carbocycles. The predicted octanol–water partition coefficient (Wildman–Crippen LogP) is 3.49. The molecule has 1 heterocycles. The lowest BCUT2D eigenvalue weighted by atomic mass is 9.76. The SMILES string of the molecule is C=C(C)C(=O)OC1(C)CC(C)(C(F)(F)F)OC(O)(C(F)(F)F)C1(F)F. The molecule has 0 radical (unpaired) electrons. The molecule has 146 valence electrons. The molecule has 3 unspecified atom stereocenters. The average molecular weight is 386 g/mol. The van der Waals surface area contributed by atoms with Crippen LogP contribution in [0.4, 0.5) is 35.1 Å². The Balaban J connectivity index is 3.64. The number of aliphatic hydroxyl groups is 1. The lowest BCUT2D eigenvalue weighted by Crippen LogP contribution is -2.78. The van der Waals surface area contributed by atoms with Crippen LogP contribution in [0.25, 0.3) is 0 Å². The number of carbonyl (C=O) groups excluding carboxylic acids is 1. The highest BCUT2D eigenvalue weighted by molar-refractivity contribution is 5.87. The fourth-order valence-corrected chi connectivity index (χ4v) is 2.33. The molecule has 1 fully saturated rings. The van der Waals surface area contributed by atoms with Crippen LogP contribution >= 0.6 is 0 Å². The summed E-state index contributed by atoms with van der Waals surface area (Å²) in [6, 6.07) is 0. The van der Waals surface area contributed by atoms with Crippen LogP contribution in [0.15, 0.2) is 12.2 Å². The van der Waals surface area contributed by atoms with Crippen LogP contribution in [0.3, 0.4) is 0 Å². The van der Waals surface area contributed by atoms with Crippen LogP contribution in [0, 0.1) is 0 Å². The first kappa shape index (κ1) is 21.6. The Hall–Kier alpha value is -1.43. The minimum Gasteiger partial charge on any atom is -0.449 e. The summed E-state index contributed by atoms with van der Waals surface area (Å²) in [5.41, 5.74) is -8.13. The van der Waals surface area contributed by atoms with E-state index in [1.165, 1.54) is 0 Å². The Morgan fingerprint density at radius 3 is 1.88 bits per heavy atom. The molecule has 0 amide bonds. The molecule has 1 aliphatic rings. The summed E-state index contributed by atoms with van der Waals surface area (Å²) in [5, 5.41) is 9.41. The second-order valence-electron chi connectivity index (χ2n) is 6.12. The molecule has 1 N–H and O–H groups in total. The zero-order valence-corrected chi connectivity index (χ0v) is 13.1. The van der Waals surface area contributed by atoms with Gasteiger partial charge in [0, 0.05) is 12.0 Å². The molecule has 12 heteroatoms. The smallest absolute Gasteiger partial charge is 0.449 e. The maximum absolute atomic E-state index is 14.4. The number of halogens is 8. The number of esters is 1. The molecule has 3 atom stereocenters. The van der Waals surface area contributed by atoms with Gasteiger partial charge in [0.15, 0.2) is 11.2 Å². The van der Waals surface area contributed by atoms with Gasteiger partial charge in [0.2, 0.25) is 0 Å². The van der Waals surface area contributed by atoms with Crippen molar-refractivity contribution >= 4 is 5.97 Å². The minimum absolute atomic E-state index is 0.0335. The predicted molar refractivity (Wildman–Crippen MR) is 65.4 cm³/mol. The van der Waals surface area contributed by atoms with E-state index >= 15 is 0 Å². The maximum Gasteiger partial charge on any atom is 0.449 e. The van der Waals surface area contributed by atoms with Gasteiger partial charge in [-0.15, -0.1) is 0 Å². The van der Waals surface area contributed by atoms with Gasteiger partial charge >= 0.3 is 30.0 Å². The first-order chi connectivity index (χ1) is 10.7. The highest BCUT2D eigenvalue weighted by Crippen LogP contribution is 2.60. The van der Waals surface area contributed by atoms with Crippen molar-refractivity contribution in [1.29, 1.82) is 0 Å². The van der Waals surface area contributed by atoms with E-state index in [-0.39, 0.29) is 13.8 Å². The third kappa shape index (κ3) is 3.09. The van der Waals surface area contributed by atoms with Crippen molar-refractivity contribution in [2.75, 3.05) is 0 Å². The fourth-order valence-electron chi connectivity index (χ4n) is 2.33. The number of alkyl halides is 8. The second kappa shape index (κ2) is 5.53. The molecule has 1 rings (SSSR count). The van der Waals surface area contributed by atoms with Crippen LogP contribution in [0.5, 0.6) is 0 Å². The lowest BCUT2D eigenvalue weighted by molar-refractivity contribution is -0.514. The van der Waals surface area contributed by atoms with Gasteiger partial charge < -0.3 is 14.6 Å². The standard InChI is InChI=1S/C13H14F8O4/c1-6(2)7(22)24-8(3)5-9(4,12(16,17)18)25-11(23,10(8,14)15)13(19,20)21/h23H,1,5H2,2-4H3. The number of hydrogen-bond acceptors (Lipinski definition) is 4. The highest BCUT2D eigenvalue weighted by atomic mass is 19.4. The summed E-state index contributed by atoms with van der Waals surface area (Å²) in [6.45, 7) is 4.14. The molecule has 0 saturated carbocycles. The van der Waals surface area contributed by atoms with E-state index in [0.717, 1.165) is 6.92 Å². The van der Waals surface area contributed by atoms with Gasteiger partial charge in [-0.1, -0.05) is 6.58 Å². The van der Waals surface area contributed by atoms with Crippen LogP contribution in [-0.2, 0) is 14.3 Å². The normalized spacial score (nSPS) is 36.0. The van der Waals surface area contributed by atoms with Gasteiger partial charge in [0.05, 0.1) is 0 Å². The molecular weight excluding hydrogens is 372 g/mol. The van der Waals surface area contributed by atoms with Crippen molar-refractivity contribution < 1.29 is 54.5 Å². The first-order valence-corrected chi connectivity index (χ1v) is 6.57. The molecule has 0 aliphatic carbocycles. The van der Waals surface area contributed by atoms with E-state index in [4.69, 9.17) is 0 Å². The highest BCUT2D eigenvalue weighted by Gasteiger charge is 2.85. The second-order valence-corrected chi connectivity index (χ2v) is 6.12. The summed E-state index contributed by atoms with van der Waals surface area (Å²) in [6.07, 6.45) is -13.8. The molecular formula is C13H14F8O4. The quantitative estimate of drug-likeness (QED) is 0.449. The summed E-state index contributed by atoms with van der Waals surface area (Å²) in [5.74, 6) is -12.7. The van der Waals surface area contributed by atoms with Crippen molar-refractivity contribution in [3.05, 3.63) is 12.2 Å². The molecule has 0 aromatic heterocycles. The summed E-state index contributed by atoms with van der Waals surface area (Å²) < 4.78 is 115. The summed E-state index contributed by atoms with van der Waals surface area (Å²) in [7, 11) is 0. The van der Waals surface area contributed by atoms with Crippen molar-refractivity contribution in [2.24, 2.45) is 0 Å². The zero-order chi connectivity index (χ0) is 20.3. The Morgan fingerprint density at radius 1 is 1.12 bits per heavy atom. The van der Waals surface area contributed by atoms with Crippen LogP contribution in [0.2, 0.25) is 0 Å². The molecule has 0 aromatic rings. The van der Waals surface area contributed by atoms with Crippen molar-refractivity contribution in [3.8, 4) is 0 Å². The van der Waals surface area contributed by atoms with Crippen LogP contribution in [0.1, 0.15) is 27.2 Å². The van der Waals surface area contributed by atoms with Gasteiger partial charge in [-0.2, -0.15) is 35.1 Å². The van der Waals surface area contributed by atoms with Crippen molar-refractivity contribution in [3.63, 3.8) is 0 Å². The minimum atomic E-state index is -6.33. The van der Waals surface area contributed by atoms with Gasteiger partial charge in [-0.3, -0.25) is 0 Å². The summed E-state index contributed by atoms with van der Waals surface area (Å²) in [4.78, 5) is 11.5. The third-order valence-electron chi connectivity index (χ3n) is 3.79. The number of hydrogen-bond donors (Lipinski definition) is 1. The van der Waals surface area contributed by atoms with E-state index in [0.29, 0.717) is 0 Å². The zero-order valence-electron chi connectivity index (χ0n) is 13.1. The number of ether oxygens (including phenoxy) is 2. The largest absolute Gasteiger partial charge is 0.449 e. The Kier molecular flexibility index (Phi) is 4.78. The van der Waals surface area contributed by atoms with E-state index in [2.05, 4.69) is 16.1 Å². The first-order valence-electron chi connectivity index (χ1n) is 6.57. The molecule has 25 heavy (non-hydrogen) atoms. The van der Waals surface area contributed by atoms with Crippen molar-refractivity contribution in [2.45, 2.75) is 62.5 Å². The average Bonchev–Trinajstić information content (AvgIpc) is 2.33. The number of carbonyl (C=O) groups is 1. The summed E-state index contributed by atoms with van der Waals surface area (Å²) >= 11 is 0. The molecule has 0 spiro atoms. The van der Waals surface area contributed by atoms with Crippen LogP contribution < -0.4 is 0 Å². The van der Waals surface area contributed by atoms with Crippen LogP contribution in [-0.4, -0.2) is 46.3 Å².